The van der Waals surface area contributed by atoms with Gasteiger partial charge in [-0.05, 0) is 18.6 Å². The molecule has 106 valence electrons. The highest BCUT2D eigenvalue weighted by atomic mass is 16.5. The van der Waals surface area contributed by atoms with E-state index < -0.39 is 5.97 Å². The number of benzene rings is 1. The number of anilines is 3. The molecule has 0 spiro atoms. The maximum atomic E-state index is 11.6. The zero-order valence-electron chi connectivity index (χ0n) is 11.8. The molecule has 20 heavy (non-hydrogen) atoms. The Morgan fingerprint density at radius 1 is 1.45 bits per heavy atom. The molecule has 6 nitrogen and oxygen atoms in total. The molecule has 0 unspecified atom stereocenters. The van der Waals surface area contributed by atoms with Gasteiger partial charge in [0.1, 0.15) is 0 Å². The first-order chi connectivity index (χ1) is 9.56. The predicted molar refractivity (Wildman–Crippen MR) is 78.1 cm³/mol. The Kier molecular flexibility index (Phi) is 3.93. The van der Waals surface area contributed by atoms with Gasteiger partial charge >= 0.3 is 5.97 Å². The molecule has 0 fully saturated rings. The summed E-state index contributed by atoms with van der Waals surface area (Å²) < 4.78 is 6.45. The lowest BCUT2D eigenvalue weighted by Gasteiger charge is -2.11. The second-order valence-electron chi connectivity index (χ2n) is 4.40. The molecule has 0 aliphatic carbocycles. The Labute approximate surface area is 117 Å². The lowest BCUT2D eigenvalue weighted by Crippen LogP contribution is -2.07. The third-order valence-corrected chi connectivity index (χ3v) is 3.02. The second kappa shape index (κ2) is 5.64. The van der Waals surface area contributed by atoms with Gasteiger partial charge in [0.2, 0.25) is 0 Å². The molecule has 0 aliphatic heterocycles. The average Bonchev–Trinajstić information content (AvgIpc) is 2.80. The molecule has 3 N–H and O–H groups in total. The zero-order valence-corrected chi connectivity index (χ0v) is 11.8. The van der Waals surface area contributed by atoms with E-state index in [0.29, 0.717) is 16.9 Å². The molecule has 0 saturated heterocycles. The SMILES string of the molecule is CCc1nn(C)cc1Nc1cccc(C(=O)OC)c1N. The van der Waals surface area contributed by atoms with Crippen LogP contribution in [0.1, 0.15) is 23.0 Å². The van der Waals surface area contributed by atoms with Crippen LogP contribution in [0.3, 0.4) is 0 Å². The monoisotopic (exact) mass is 274 g/mol. The van der Waals surface area contributed by atoms with Crippen molar-refractivity contribution in [3.63, 3.8) is 0 Å². The zero-order chi connectivity index (χ0) is 14.7. The lowest BCUT2D eigenvalue weighted by atomic mass is 10.1. The van der Waals surface area contributed by atoms with Gasteiger partial charge in [0.05, 0.1) is 35.4 Å². The van der Waals surface area contributed by atoms with Crippen LogP contribution in [0.25, 0.3) is 0 Å². The van der Waals surface area contributed by atoms with E-state index in [0.717, 1.165) is 17.8 Å². The Bertz CT molecular complexity index is 634. The first kappa shape index (κ1) is 13.9. The third-order valence-electron chi connectivity index (χ3n) is 3.02. The van der Waals surface area contributed by atoms with Crippen LogP contribution in [0.2, 0.25) is 0 Å². The fourth-order valence-electron chi connectivity index (χ4n) is 2.01. The van der Waals surface area contributed by atoms with E-state index in [-0.39, 0.29) is 0 Å². The number of para-hydroxylation sites is 1. The minimum absolute atomic E-state index is 0.347. The van der Waals surface area contributed by atoms with E-state index in [1.54, 1.807) is 16.8 Å². The first-order valence-electron chi connectivity index (χ1n) is 6.33. The molecule has 6 heteroatoms. The van der Waals surface area contributed by atoms with Gasteiger partial charge in [-0.15, -0.1) is 0 Å². The molecule has 1 aromatic heterocycles. The Balaban J connectivity index is 2.36. The number of nitrogen functional groups attached to an aromatic ring is 1. The topological polar surface area (TPSA) is 82.2 Å². The number of carbonyl (C=O) groups is 1. The Morgan fingerprint density at radius 2 is 2.20 bits per heavy atom. The van der Waals surface area contributed by atoms with Crippen LogP contribution in [-0.2, 0) is 18.2 Å². The number of ether oxygens (including phenoxy) is 1. The number of aryl methyl sites for hydroxylation is 2. The Morgan fingerprint density at radius 3 is 2.85 bits per heavy atom. The number of esters is 1. The number of nitrogens with two attached hydrogens (primary N) is 1. The second-order valence-corrected chi connectivity index (χ2v) is 4.40. The maximum Gasteiger partial charge on any atom is 0.340 e. The van der Waals surface area contributed by atoms with Crippen molar-refractivity contribution in [2.45, 2.75) is 13.3 Å². The predicted octanol–water partition coefficient (Wildman–Crippen LogP) is 2.09. The van der Waals surface area contributed by atoms with Crippen molar-refractivity contribution in [2.75, 3.05) is 18.2 Å². The number of aromatic nitrogens is 2. The van der Waals surface area contributed by atoms with Crippen molar-refractivity contribution < 1.29 is 9.53 Å². The fraction of sp³-hybridized carbons (Fsp3) is 0.286. The van der Waals surface area contributed by atoms with Gasteiger partial charge in [-0.3, -0.25) is 4.68 Å². The van der Waals surface area contributed by atoms with Gasteiger partial charge in [0, 0.05) is 13.2 Å². The van der Waals surface area contributed by atoms with Crippen molar-refractivity contribution in [1.29, 1.82) is 0 Å². The van der Waals surface area contributed by atoms with Gasteiger partial charge in [-0.1, -0.05) is 13.0 Å². The van der Waals surface area contributed by atoms with Gasteiger partial charge in [0.25, 0.3) is 0 Å². The molecule has 0 radical (unpaired) electrons. The molecule has 0 amide bonds. The van der Waals surface area contributed by atoms with Gasteiger partial charge < -0.3 is 15.8 Å². The molecular formula is C14H18N4O2. The van der Waals surface area contributed by atoms with E-state index in [1.807, 2.05) is 26.2 Å². The number of methoxy groups -OCH3 is 1. The van der Waals surface area contributed by atoms with E-state index >= 15 is 0 Å². The standard InChI is InChI=1S/C14H18N4O2/c1-4-10-12(8-18(2)17-10)16-11-7-5-6-9(13(11)15)14(19)20-3/h5-8,16H,4,15H2,1-3H3. The molecule has 2 rings (SSSR count). The summed E-state index contributed by atoms with van der Waals surface area (Å²) in [6.45, 7) is 2.03. The molecule has 1 aromatic carbocycles. The highest BCUT2D eigenvalue weighted by molar-refractivity contribution is 5.98. The number of hydrogen-bond donors (Lipinski definition) is 2. The van der Waals surface area contributed by atoms with E-state index in [9.17, 15) is 4.79 Å². The van der Waals surface area contributed by atoms with E-state index in [1.165, 1.54) is 7.11 Å². The summed E-state index contributed by atoms with van der Waals surface area (Å²) in [6.07, 6.45) is 2.68. The van der Waals surface area contributed by atoms with Crippen molar-refractivity contribution in [1.82, 2.24) is 9.78 Å². The van der Waals surface area contributed by atoms with Crippen LogP contribution in [0.5, 0.6) is 0 Å². The maximum absolute atomic E-state index is 11.6. The van der Waals surface area contributed by atoms with Crippen LogP contribution >= 0.6 is 0 Å². The fourth-order valence-corrected chi connectivity index (χ4v) is 2.01. The van der Waals surface area contributed by atoms with E-state index in [2.05, 4.69) is 10.4 Å². The summed E-state index contributed by atoms with van der Waals surface area (Å²) in [5, 5.41) is 7.57. The van der Waals surface area contributed by atoms with Crippen LogP contribution in [0.4, 0.5) is 17.1 Å². The summed E-state index contributed by atoms with van der Waals surface area (Å²) >= 11 is 0. The van der Waals surface area contributed by atoms with Crippen molar-refractivity contribution >= 4 is 23.0 Å². The van der Waals surface area contributed by atoms with Crippen molar-refractivity contribution in [2.24, 2.45) is 7.05 Å². The molecule has 0 saturated carbocycles. The van der Waals surface area contributed by atoms with Crippen LogP contribution in [0.15, 0.2) is 24.4 Å². The number of nitrogens with zero attached hydrogens (tertiary/aromatic N) is 2. The molecule has 0 bridgehead atoms. The summed E-state index contributed by atoms with van der Waals surface area (Å²) in [4.78, 5) is 11.6. The summed E-state index contributed by atoms with van der Waals surface area (Å²) in [5.74, 6) is -0.451. The van der Waals surface area contributed by atoms with Crippen LogP contribution in [-0.4, -0.2) is 22.9 Å². The molecular weight excluding hydrogens is 256 g/mol. The van der Waals surface area contributed by atoms with Gasteiger partial charge in [-0.25, -0.2) is 4.79 Å². The average molecular weight is 274 g/mol. The summed E-state index contributed by atoms with van der Waals surface area (Å²) in [5.41, 5.74) is 9.21. The number of carbonyl (C=O) groups excluding carboxylic acids is 1. The highest BCUT2D eigenvalue weighted by Gasteiger charge is 2.14. The summed E-state index contributed by atoms with van der Waals surface area (Å²) in [7, 11) is 3.19. The molecule has 2 aromatic rings. The van der Waals surface area contributed by atoms with Crippen LogP contribution < -0.4 is 11.1 Å². The summed E-state index contributed by atoms with van der Waals surface area (Å²) in [6, 6.07) is 5.21. The Hall–Kier alpha value is -2.50. The van der Waals surface area contributed by atoms with Gasteiger partial charge in [0.15, 0.2) is 0 Å². The van der Waals surface area contributed by atoms with Crippen molar-refractivity contribution in [3.8, 4) is 0 Å². The molecule has 1 heterocycles. The third kappa shape index (κ3) is 2.59. The quantitative estimate of drug-likeness (QED) is 0.659. The molecule has 0 atom stereocenters. The highest BCUT2D eigenvalue weighted by Crippen LogP contribution is 2.28. The molecule has 0 aliphatic rings. The van der Waals surface area contributed by atoms with Crippen LogP contribution in [0, 0.1) is 0 Å². The number of hydrogen-bond acceptors (Lipinski definition) is 5. The number of rotatable bonds is 4. The minimum atomic E-state index is -0.451. The number of nitrogens with one attached hydrogen (secondary N) is 1. The minimum Gasteiger partial charge on any atom is -0.465 e. The van der Waals surface area contributed by atoms with Gasteiger partial charge in [-0.2, -0.15) is 5.10 Å². The van der Waals surface area contributed by atoms with E-state index in [4.69, 9.17) is 10.5 Å². The largest absolute Gasteiger partial charge is 0.465 e. The smallest absolute Gasteiger partial charge is 0.340 e. The van der Waals surface area contributed by atoms with Crippen molar-refractivity contribution in [3.05, 3.63) is 35.7 Å². The normalized spacial score (nSPS) is 10.3. The first-order valence-corrected chi connectivity index (χ1v) is 6.33. The lowest BCUT2D eigenvalue weighted by molar-refractivity contribution is 0.0602.